The Hall–Kier alpha value is -2.22. The molecular formula is C21H29N5O2. The lowest BCUT2D eigenvalue weighted by atomic mass is 9.79. The van der Waals surface area contributed by atoms with Gasteiger partial charge in [-0.05, 0) is 32.0 Å². The van der Waals surface area contributed by atoms with E-state index in [0.29, 0.717) is 25.2 Å². The highest BCUT2D eigenvalue weighted by atomic mass is 16.3. The van der Waals surface area contributed by atoms with Gasteiger partial charge in [-0.15, -0.1) is 0 Å². The maximum atomic E-state index is 13.0. The first-order valence-corrected chi connectivity index (χ1v) is 9.99. The molecule has 0 unspecified atom stereocenters. The molecule has 7 nitrogen and oxygen atoms in total. The maximum Gasteiger partial charge on any atom is 0.274 e. The summed E-state index contributed by atoms with van der Waals surface area (Å²) in [7, 11) is 2.12. The summed E-state index contributed by atoms with van der Waals surface area (Å²) in [5.74, 6) is -0.0708. The van der Waals surface area contributed by atoms with E-state index >= 15 is 0 Å². The summed E-state index contributed by atoms with van der Waals surface area (Å²) in [4.78, 5) is 19.5. The fraction of sp³-hybridized carbons (Fsp3) is 0.524. The molecule has 2 saturated heterocycles. The number of aryl methyl sites for hydroxylation is 1. The number of hydrogen-bond acceptors (Lipinski definition) is 5. The van der Waals surface area contributed by atoms with E-state index in [2.05, 4.69) is 27.0 Å². The third kappa shape index (κ3) is 3.57. The molecule has 2 aromatic rings. The van der Waals surface area contributed by atoms with Crippen molar-refractivity contribution in [3.8, 4) is 0 Å². The van der Waals surface area contributed by atoms with Crippen molar-refractivity contribution >= 4 is 5.91 Å². The van der Waals surface area contributed by atoms with Crippen LogP contribution in [0.25, 0.3) is 0 Å². The monoisotopic (exact) mass is 383 g/mol. The lowest BCUT2D eigenvalue weighted by molar-refractivity contribution is -0.101. The number of carbonyl (C=O) groups excluding carboxylic acids is 1. The molecule has 0 aliphatic carbocycles. The molecular weight excluding hydrogens is 354 g/mol. The molecule has 1 amide bonds. The van der Waals surface area contributed by atoms with Crippen LogP contribution in [0.2, 0.25) is 0 Å². The van der Waals surface area contributed by atoms with Crippen LogP contribution in [-0.2, 0) is 5.60 Å². The minimum Gasteiger partial charge on any atom is -0.383 e. The van der Waals surface area contributed by atoms with Crippen molar-refractivity contribution in [2.45, 2.75) is 25.0 Å². The van der Waals surface area contributed by atoms with Gasteiger partial charge in [0.25, 0.3) is 5.91 Å². The number of aliphatic hydroxyl groups is 1. The number of nitrogens with one attached hydrogen (secondary N) is 1. The zero-order valence-electron chi connectivity index (χ0n) is 16.6. The Morgan fingerprint density at radius 2 is 1.89 bits per heavy atom. The predicted octanol–water partition coefficient (Wildman–Crippen LogP) is 1.07. The summed E-state index contributed by atoms with van der Waals surface area (Å²) in [5, 5.41) is 18.8. The van der Waals surface area contributed by atoms with Crippen molar-refractivity contribution in [3.63, 3.8) is 0 Å². The number of rotatable bonds is 3. The van der Waals surface area contributed by atoms with Gasteiger partial charge in [-0.3, -0.25) is 14.8 Å². The molecule has 4 rings (SSSR count). The minimum absolute atomic E-state index is 0.0708. The quantitative estimate of drug-likeness (QED) is 0.829. The van der Waals surface area contributed by atoms with E-state index in [0.717, 1.165) is 37.4 Å². The maximum absolute atomic E-state index is 13.0. The lowest BCUT2D eigenvalue weighted by Crippen LogP contribution is -2.64. The number of piperazine rings is 1. The summed E-state index contributed by atoms with van der Waals surface area (Å²) in [5.41, 5.74) is 1.29. The molecule has 1 aromatic heterocycles. The Morgan fingerprint density at radius 3 is 2.54 bits per heavy atom. The summed E-state index contributed by atoms with van der Waals surface area (Å²) in [6, 6.07) is 11.6. The number of piperidine rings is 1. The van der Waals surface area contributed by atoms with Crippen LogP contribution in [0.15, 0.2) is 36.4 Å². The Bertz CT molecular complexity index is 815. The predicted molar refractivity (Wildman–Crippen MR) is 107 cm³/mol. The van der Waals surface area contributed by atoms with Crippen LogP contribution >= 0.6 is 0 Å². The van der Waals surface area contributed by atoms with Gasteiger partial charge in [0.05, 0.1) is 6.04 Å². The molecule has 1 aromatic carbocycles. The second-order valence-electron chi connectivity index (χ2n) is 8.08. The highest BCUT2D eigenvalue weighted by Gasteiger charge is 2.47. The zero-order valence-corrected chi connectivity index (χ0v) is 16.6. The van der Waals surface area contributed by atoms with E-state index in [9.17, 15) is 9.90 Å². The van der Waals surface area contributed by atoms with Crippen LogP contribution < -0.4 is 0 Å². The Balaban J connectivity index is 1.61. The fourth-order valence-corrected chi connectivity index (χ4v) is 4.41. The molecule has 2 aliphatic heterocycles. The van der Waals surface area contributed by atoms with Crippen LogP contribution in [0, 0.1) is 6.92 Å². The smallest absolute Gasteiger partial charge is 0.274 e. The van der Waals surface area contributed by atoms with E-state index in [1.807, 2.05) is 42.2 Å². The second-order valence-corrected chi connectivity index (χ2v) is 8.08. The molecule has 2 fully saturated rings. The first kappa shape index (κ1) is 19.1. The van der Waals surface area contributed by atoms with Crippen LogP contribution in [0.1, 0.15) is 28.2 Å². The first-order valence-electron chi connectivity index (χ1n) is 9.99. The number of likely N-dealkylation sites (N-methyl/N-ethyl adjacent to an activating group) is 1. The number of amides is 1. The molecule has 2 N–H and O–H groups in total. The second kappa shape index (κ2) is 7.66. The third-order valence-corrected chi connectivity index (χ3v) is 6.17. The molecule has 0 spiro atoms. The molecule has 2 atom stereocenters. The Kier molecular flexibility index (Phi) is 5.23. The van der Waals surface area contributed by atoms with Gasteiger partial charge in [-0.25, -0.2) is 0 Å². The number of carbonyl (C=O) groups is 1. The van der Waals surface area contributed by atoms with Gasteiger partial charge in [-0.2, -0.15) is 5.10 Å². The van der Waals surface area contributed by atoms with Gasteiger partial charge in [0.15, 0.2) is 0 Å². The molecule has 0 radical (unpaired) electrons. The largest absolute Gasteiger partial charge is 0.383 e. The normalized spacial score (nSPS) is 27.1. The molecule has 150 valence electrons. The van der Waals surface area contributed by atoms with Crippen LogP contribution in [0.4, 0.5) is 0 Å². The Labute approximate surface area is 165 Å². The van der Waals surface area contributed by atoms with Gasteiger partial charge in [-0.1, -0.05) is 30.3 Å². The highest BCUT2D eigenvalue weighted by Crippen LogP contribution is 2.36. The fourth-order valence-electron chi connectivity index (χ4n) is 4.41. The number of benzene rings is 1. The third-order valence-electron chi connectivity index (χ3n) is 6.17. The average Bonchev–Trinajstić information content (AvgIpc) is 3.16. The number of nitrogens with zero attached hydrogens (tertiary/aromatic N) is 4. The number of likely N-dealkylation sites (tertiary alicyclic amines) is 1. The molecule has 0 bridgehead atoms. The number of aromatic nitrogens is 2. The first-order chi connectivity index (χ1) is 13.5. The van der Waals surface area contributed by atoms with E-state index in [1.165, 1.54) is 0 Å². The van der Waals surface area contributed by atoms with Gasteiger partial charge < -0.3 is 14.9 Å². The summed E-state index contributed by atoms with van der Waals surface area (Å²) in [6.07, 6.45) is 0.517. The molecule has 0 saturated carbocycles. The van der Waals surface area contributed by atoms with Gasteiger partial charge >= 0.3 is 0 Å². The van der Waals surface area contributed by atoms with Crippen LogP contribution in [-0.4, -0.2) is 88.3 Å². The van der Waals surface area contributed by atoms with Gasteiger partial charge in [0, 0.05) is 45.0 Å². The van der Waals surface area contributed by atoms with Crippen molar-refractivity contribution in [2.24, 2.45) is 0 Å². The summed E-state index contributed by atoms with van der Waals surface area (Å²) >= 11 is 0. The van der Waals surface area contributed by atoms with Crippen LogP contribution in [0.3, 0.4) is 0 Å². The molecule has 28 heavy (non-hydrogen) atoms. The standard InChI is InChI=1S/C21H29N5O2/c1-16-14-18(23-22-16)20(27)26-9-8-21(28,17-6-4-3-5-7-17)19(15-26)25-12-10-24(2)11-13-25/h3-7,14,19,28H,8-13,15H2,1-2H3,(H,22,23)/t19-,21+/m1/s1. The van der Waals surface area contributed by atoms with Gasteiger partial charge in [0.1, 0.15) is 11.3 Å². The van der Waals surface area contributed by atoms with Crippen molar-refractivity contribution in [1.82, 2.24) is 24.9 Å². The van der Waals surface area contributed by atoms with E-state index in [4.69, 9.17) is 0 Å². The van der Waals surface area contributed by atoms with Crippen molar-refractivity contribution in [3.05, 3.63) is 53.3 Å². The average molecular weight is 383 g/mol. The van der Waals surface area contributed by atoms with Crippen molar-refractivity contribution in [1.29, 1.82) is 0 Å². The van der Waals surface area contributed by atoms with E-state index in [-0.39, 0.29) is 11.9 Å². The number of aromatic amines is 1. The molecule has 2 aliphatic rings. The van der Waals surface area contributed by atoms with Crippen molar-refractivity contribution in [2.75, 3.05) is 46.3 Å². The SMILES string of the molecule is Cc1cc(C(=O)N2CC[C@](O)(c3ccccc3)[C@H](N3CCN(C)CC3)C2)n[nH]1. The van der Waals surface area contributed by atoms with E-state index < -0.39 is 5.60 Å². The number of hydrogen-bond donors (Lipinski definition) is 2. The molecule has 3 heterocycles. The topological polar surface area (TPSA) is 75.7 Å². The summed E-state index contributed by atoms with van der Waals surface area (Å²) < 4.78 is 0. The molecule has 7 heteroatoms. The van der Waals surface area contributed by atoms with Crippen LogP contribution in [0.5, 0.6) is 0 Å². The van der Waals surface area contributed by atoms with Crippen molar-refractivity contribution < 1.29 is 9.90 Å². The highest BCUT2D eigenvalue weighted by molar-refractivity contribution is 5.92. The zero-order chi connectivity index (χ0) is 19.7. The Morgan fingerprint density at radius 1 is 1.18 bits per heavy atom. The lowest BCUT2D eigenvalue weighted by Gasteiger charge is -2.51. The minimum atomic E-state index is -0.963. The summed E-state index contributed by atoms with van der Waals surface area (Å²) in [6.45, 7) is 6.61. The van der Waals surface area contributed by atoms with Gasteiger partial charge in [0.2, 0.25) is 0 Å². The number of H-pyrrole nitrogens is 1. The van der Waals surface area contributed by atoms with E-state index in [1.54, 1.807) is 6.07 Å².